The van der Waals surface area contributed by atoms with Gasteiger partial charge in [-0.1, -0.05) is 24.3 Å². The number of rotatable bonds is 8. The van der Waals surface area contributed by atoms with Crippen LogP contribution in [0.1, 0.15) is 36.8 Å². The van der Waals surface area contributed by atoms with Crippen molar-refractivity contribution in [1.29, 1.82) is 0 Å². The van der Waals surface area contributed by atoms with Gasteiger partial charge in [0.1, 0.15) is 0 Å². The maximum absolute atomic E-state index is 11.4. The van der Waals surface area contributed by atoms with Crippen molar-refractivity contribution in [1.82, 2.24) is 9.80 Å². The van der Waals surface area contributed by atoms with E-state index in [1.807, 2.05) is 0 Å². The van der Waals surface area contributed by atoms with Gasteiger partial charge in [-0.25, -0.2) is 0 Å². The standard InChI is InChI=1S/C21H33N3O2/c1-17-5-2-3-6-19(17)14-23-10-8-18(9-11-23)13-24(16-21(22)25)15-20-7-4-12-26-20/h2-3,5-6,18,20H,4,7-16H2,1H3,(H2,22,25). The number of hydrogen-bond donors (Lipinski definition) is 1. The molecule has 0 aromatic heterocycles. The van der Waals surface area contributed by atoms with Crippen molar-refractivity contribution in [3.05, 3.63) is 35.4 Å². The number of aryl methyl sites for hydroxylation is 1. The molecule has 0 aliphatic carbocycles. The van der Waals surface area contributed by atoms with Crippen molar-refractivity contribution in [2.75, 3.05) is 39.3 Å². The Morgan fingerprint density at radius 1 is 1.23 bits per heavy atom. The van der Waals surface area contributed by atoms with E-state index < -0.39 is 0 Å². The largest absolute Gasteiger partial charge is 0.377 e. The average Bonchev–Trinajstić information content (AvgIpc) is 3.11. The Hall–Kier alpha value is -1.43. The molecule has 0 bridgehead atoms. The van der Waals surface area contributed by atoms with Gasteiger partial charge in [0, 0.05) is 26.2 Å². The fourth-order valence-corrected chi connectivity index (χ4v) is 4.22. The van der Waals surface area contributed by atoms with Crippen molar-refractivity contribution in [2.45, 2.75) is 45.3 Å². The molecule has 2 aliphatic rings. The molecule has 1 aromatic rings. The SMILES string of the molecule is Cc1ccccc1CN1CCC(CN(CC(N)=O)CC2CCCO2)CC1. The lowest BCUT2D eigenvalue weighted by Gasteiger charge is -2.35. The molecule has 1 atom stereocenters. The Morgan fingerprint density at radius 2 is 2.00 bits per heavy atom. The highest BCUT2D eigenvalue weighted by molar-refractivity contribution is 5.75. The molecule has 3 rings (SSSR count). The number of amides is 1. The van der Waals surface area contributed by atoms with Crippen LogP contribution in [0.15, 0.2) is 24.3 Å². The summed E-state index contributed by atoms with van der Waals surface area (Å²) in [5.41, 5.74) is 8.27. The first kappa shape index (κ1) is 19.3. The summed E-state index contributed by atoms with van der Waals surface area (Å²) in [5.74, 6) is 0.406. The van der Waals surface area contributed by atoms with E-state index in [0.29, 0.717) is 12.5 Å². The molecule has 5 nitrogen and oxygen atoms in total. The van der Waals surface area contributed by atoms with Gasteiger partial charge < -0.3 is 10.5 Å². The molecule has 2 saturated heterocycles. The normalized spacial score (nSPS) is 22.2. The quantitative estimate of drug-likeness (QED) is 0.773. The Bertz CT molecular complexity index is 578. The number of nitrogens with zero attached hydrogens (tertiary/aromatic N) is 2. The van der Waals surface area contributed by atoms with Crippen LogP contribution in [0, 0.1) is 12.8 Å². The van der Waals surface area contributed by atoms with Crippen LogP contribution in [0.5, 0.6) is 0 Å². The molecule has 5 heteroatoms. The summed E-state index contributed by atoms with van der Waals surface area (Å²) in [7, 11) is 0. The summed E-state index contributed by atoms with van der Waals surface area (Å²) < 4.78 is 5.75. The first-order valence-electron chi connectivity index (χ1n) is 9.99. The number of nitrogens with two attached hydrogens (primary N) is 1. The van der Waals surface area contributed by atoms with Crippen LogP contribution < -0.4 is 5.73 Å². The number of hydrogen-bond acceptors (Lipinski definition) is 4. The predicted molar refractivity (Wildman–Crippen MR) is 104 cm³/mol. The van der Waals surface area contributed by atoms with Crippen LogP contribution >= 0.6 is 0 Å². The second kappa shape index (κ2) is 9.49. The van der Waals surface area contributed by atoms with Gasteiger partial charge in [0.25, 0.3) is 0 Å². The molecular weight excluding hydrogens is 326 g/mol. The summed E-state index contributed by atoms with van der Waals surface area (Å²) in [6.45, 7) is 8.49. The molecule has 26 heavy (non-hydrogen) atoms. The molecule has 144 valence electrons. The van der Waals surface area contributed by atoms with E-state index in [9.17, 15) is 4.79 Å². The zero-order chi connectivity index (χ0) is 18.4. The molecule has 0 spiro atoms. The number of primary amides is 1. The van der Waals surface area contributed by atoms with Crippen molar-refractivity contribution in [2.24, 2.45) is 11.7 Å². The highest BCUT2D eigenvalue weighted by Gasteiger charge is 2.25. The van der Waals surface area contributed by atoms with Crippen LogP contribution in [-0.4, -0.2) is 61.1 Å². The number of carbonyl (C=O) groups is 1. The third kappa shape index (κ3) is 5.79. The average molecular weight is 360 g/mol. The fourth-order valence-electron chi connectivity index (χ4n) is 4.22. The van der Waals surface area contributed by atoms with E-state index in [2.05, 4.69) is 41.0 Å². The molecule has 0 saturated carbocycles. The monoisotopic (exact) mass is 359 g/mol. The van der Waals surface area contributed by atoms with E-state index in [1.54, 1.807) is 0 Å². The maximum Gasteiger partial charge on any atom is 0.231 e. The minimum absolute atomic E-state index is 0.236. The zero-order valence-electron chi connectivity index (χ0n) is 16.0. The lowest BCUT2D eigenvalue weighted by molar-refractivity contribution is -0.119. The predicted octanol–water partition coefficient (Wildman–Crippen LogP) is 2.17. The minimum atomic E-state index is -0.236. The Kier molecular flexibility index (Phi) is 7.06. The first-order valence-corrected chi connectivity index (χ1v) is 9.99. The Labute approximate surface area is 157 Å². The van der Waals surface area contributed by atoms with Gasteiger partial charge in [-0.05, 0) is 62.7 Å². The Morgan fingerprint density at radius 3 is 2.65 bits per heavy atom. The minimum Gasteiger partial charge on any atom is -0.377 e. The van der Waals surface area contributed by atoms with Crippen LogP contribution in [-0.2, 0) is 16.1 Å². The number of benzene rings is 1. The first-order chi connectivity index (χ1) is 12.6. The van der Waals surface area contributed by atoms with Crippen LogP contribution in [0.25, 0.3) is 0 Å². The smallest absolute Gasteiger partial charge is 0.231 e. The van der Waals surface area contributed by atoms with Crippen LogP contribution in [0.3, 0.4) is 0 Å². The maximum atomic E-state index is 11.4. The summed E-state index contributed by atoms with van der Waals surface area (Å²) in [5, 5.41) is 0. The summed E-state index contributed by atoms with van der Waals surface area (Å²) >= 11 is 0. The lowest BCUT2D eigenvalue weighted by Crippen LogP contribution is -2.44. The zero-order valence-corrected chi connectivity index (χ0v) is 16.0. The topological polar surface area (TPSA) is 58.8 Å². The van der Waals surface area contributed by atoms with E-state index in [1.165, 1.54) is 24.0 Å². The molecule has 1 amide bonds. The van der Waals surface area contributed by atoms with E-state index in [4.69, 9.17) is 10.5 Å². The van der Waals surface area contributed by atoms with Crippen molar-refractivity contribution < 1.29 is 9.53 Å². The van der Waals surface area contributed by atoms with Gasteiger partial charge >= 0.3 is 0 Å². The molecule has 0 radical (unpaired) electrons. The number of piperidine rings is 1. The van der Waals surface area contributed by atoms with Gasteiger partial charge in [-0.2, -0.15) is 0 Å². The third-order valence-electron chi connectivity index (χ3n) is 5.74. The number of likely N-dealkylation sites (tertiary alicyclic amines) is 1. The molecule has 1 unspecified atom stereocenters. The second-order valence-corrected chi connectivity index (χ2v) is 7.94. The molecule has 1 aromatic carbocycles. The van der Waals surface area contributed by atoms with Crippen molar-refractivity contribution in [3.63, 3.8) is 0 Å². The number of ether oxygens (including phenoxy) is 1. The van der Waals surface area contributed by atoms with Gasteiger partial charge in [-0.3, -0.25) is 14.6 Å². The molecule has 2 aliphatic heterocycles. The van der Waals surface area contributed by atoms with Crippen LogP contribution in [0.4, 0.5) is 0 Å². The van der Waals surface area contributed by atoms with E-state index in [-0.39, 0.29) is 12.0 Å². The van der Waals surface area contributed by atoms with Gasteiger partial charge in [0.05, 0.1) is 12.6 Å². The van der Waals surface area contributed by atoms with Gasteiger partial charge in [0.15, 0.2) is 0 Å². The third-order valence-corrected chi connectivity index (χ3v) is 5.74. The molecule has 2 N–H and O–H groups in total. The van der Waals surface area contributed by atoms with Crippen LogP contribution in [0.2, 0.25) is 0 Å². The summed E-state index contributed by atoms with van der Waals surface area (Å²) in [6.07, 6.45) is 4.88. The summed E-state index contributed by atoms with van der Waals surface area (Å²) in [6, 6.07) is 8.65. The highest BCUT2D eigenvalue weighted by Crippen LogP contribution is 2.22. The highest BCUT2D eigenvalue weighted by atomic mass is 16.5. The van der Waals surface area contributed by atoms with Gasteiger partial charge in [-0.15, -0.1) is 0 Å². The lowest BCUT2D eigenvalue weighted by atomic mass is 9.95. The molecular formula is C21H33N3O2. The second-order valence-electron chi connectivity index (χ2n) is 7.94. The van der Waals surface area contributed by atoms with E-state index in [0.717, 1.165) is 52.2 Å². The number of carbonyl (C=O) groups excluding carboxylic acids is 1. The van der Waals surface area contributed by atoms with E-state index >= 15 is 0 Å². The fraction of sp³-hybridized carbons (Fsp3) is 0.667. The van der Waals surface area contributed by atoms with Crippen molar-refractivity contribution >= 4 is 5.91 Å². The van der Waals surface area contributed by atoms with Gasteiger partial charge in [0.2, 0.25) is 5.91 Å². The Balaban J connectivity index is 1.46. The molecule has 2 heterocycles. The molecule has 2 fully saturated rings. The van der Waals surface area contributed by atoms with Crippen molar-refractivity contribution in [3.8, 4) is 0 Å². The summed E-state index contributed by atoms with van der Waals surface area (Å²) in [4.78, 5) is 16.2.